The molecule has 4 nitrogen and oxygen atoms in total. The monoisotopic (exact) mass is 287 g/mol. The maximum absolute atomic E-state index is 5.70. The molecule has 112 valence electrons. The van der Waals surface area contributed by atoms with Crippen LogP contribution < -0.4 is 19.9 Å². The third-order valence-corrected chi connectivity index (χ3v) is 2.94. The average molecular weight is 287 g/mol. The third-order valence-electron chi connectivity index (χ3n) is 2.94. The number of hydrogen-bond acceptors (Lipinski definition) is 4. The molecule has 0 amide bonds. The lowest BCUT2D eigenvalue weighted by molar-refractivity contribution is 0.216. The largest absolute Gasteiger partial charge is 0.494 e. The molecule has 2 aromatic carbocycles. The third kappa shape index (κ3) is 4.60. The quantitative estimate of drug-likeness (QED) is 0.626. The smallest absolute Gasteiger partial charge is 0.122 e. The number of anilines is 1. The predicted octanol–water partition coefficient (Wildman–Crippen LogP) is 3.43. The second kappa shape index (κ2) is 7.43. The van der Waals surface area contributed by atoms with Crippen LogP contribution >= 0.6 is 0 Å². The molecule has 0 aromatic heterocycles. The molecule has 2 aromatic rings. The van der Waals surface area contributed by atoms with Gasteiger partial charge in [-0.2, -0.15) is 0 Å². The van der Waals surface area contributed by atoms with Gasteiger partial charge in [0.15, 0.2) is 0 Å². The Hall–Kier alpha value is -2.36. The fourth-order valence-corrected chi connectivity index (χ4v) is 1.94. The summed E-state index contributed by atoms with van der Waals surface area (Å²) < 4.78 is 16.7. The van der Waals surface area contributed by atoms with Gasteiger partial charge in [0.05, 0.1) is 6.61 Å². The first-order valence-corrected chi connectivity index (χ1v) is 7.03. The van der Waals surface area contributed by atoms with Gasteiger partial charge in [0.2, 0.25) is 0 Å². The number of aryl methyl sites for hydroxylation is 1. The van der Waals surface area contributed by atoms with Gasteiger partial charge in [-0.3, -0.25) is 0 Å². The van der Waals surface area contributed by atoms with Crippen molar-refractivity contribution >= 4 is 5.69 Å². The topological polar surface area (TPSA) is 53.7 Å². The summed E-state index contributed by atoms with van der Waals surface area (Å²) in [5.74, 6) is 2.48. The molecule has 0 heterocycles. The van der Waals surface area contributed by atoms with Crippen LogP contribution in [0.15, 0.2) is 42.5 Å². The number of rotatable bonds is 7. The highest BCUT2D eigenvalue weighted by atomic mass is 16.5. The van der Waals surface area contributed by atoms with Gasteiger partial charge in [0, 0.05) is 5.69 Å². The molecule has 0 saturated carbocycles. The van der Waals surface area contributed by atoms with E-state index in [1.807, 2.05) is 56.3 Å². The van der Waals surface area contributed by atoms with Crippen molar-refractivity contribution in [3.63, 3.8) is 0 Å². The maximum atomic E-state index is 5.70. The van der Waals surface area contributed by atoms with Gasteiger partial charge in [0.25, 0.3) is 0 Å². The minimum Gasteiger partial charge on any atom is -0.494 e. The van der Waals surface area contributed by atoms with Crippen molar-refractivity contribution in [2.24, 2.45) is 0 Å². The molecule has 0 fully saturated rings. The maximum Gasteiger partial charge on any atom is 0.122 e. The fourth-order valence-electron chi connectivity index (χ4n) is 1.94. The SMILES string of the molecule is CCOc1ccc(OCCOc2ccc(N)cc2C)cc1. The fraction of sp³-hybridized carbons (Fsp3) is 0.294. The van der Waals surface area contributed by atoms with E-state index in [1.54, 1.807) is 0 Å². The van der Waals surface area contributed by atoms with Crippen molar-refractivity contribution in [2.75, 3.05) is 25.6 Å². The summed E-state index contributed by atoms with van der Waals surface area (Å²) >= 11 is 0. The Morgan fingerprint density at radius 2 is 1.48 bits per heavy atom. The van der Waals surface area contributed by atoms with E-state index in [0.29, 0.717) is 19.8 Å². The van der Waals surface area contributed by atoms with Crippen LogP contribution in [-0.2, 0) is 0 Å². The number of hydrogen-bond donors (Lipinski definition) is 1. The van der Waals surface area contributed by atoms with Gasteiger partial charge < -0.3 is 19.9 Å². The molecule has 2 rings (SSSR count). The lowest BCUT2D eigenvalue weighted by Gasteiger charge is -2.11. The first-order valence-electron chi connectivity index (χ1n) is 7.03. The number of nitrogen functional groups attached to an aromatic ring is 1. The lowest BCUT2D eigenvalue weighted by atomic mass is 10.2. The number of nitrogens with two attached hydrogens (primary N) is 1. The Morgan fingerprint density at radius 1 is 0.857 bits per heavy atom. The molecule has 0 atom stereocenters. The molecule has 0 aliphatic heterocycles. The van der Waals surface area contributed by atoms with Crippen molar-refractivity contribution < 1.29 is 14.2 Å². The van der Waals surface area contributed by atoms with Crippen LogP contribution in [0, 0.1) is 6.92 Å². The highest BCUT2D eigenvalue weighted by molar-refractivity contribution is 5.47. The zero-order valence-electron chi connectivity index (χ0n) is 12.5. The zero-order valence-corrected chi connectivity index (χ0v) is 12.5. The Bertz CT molecular complexity index is 567. The summed E-state index contributed by atoms with van der Waals surface area (Å²) in [7, 11) is 0. The van der Waals surface area contributed by atoms with Crippen LogP contribution in [-0.4, -0.2) is 19.8 Å². The molecule has 0 unspecified atom stereocenters. The van der Waals surface area contributed by atoms with E-state index >= 15 is 0 Å². The molecule has 2 N–H and O–H groups in total. The summed E-state index contributed by atoms with van der Waals surface area (Å²) in [6.07, 6.45) is 0. The van der Waals surface area contributed by atoms with Crippen LogP contribution in [0.4, 0.5) is 5.69 Å². The summed E-state index contributed by atoms with van der Waals surface area (Å²) in [6, 6.07) is 13.2. The molecular formula is C17H21NO3. The van der Waals surface area contributed by atoms with E-state index in [4.69, 9.17) is 19.9 Å². The number of benzene rings is 2. The molecule has 0 radical (unpaired) electrons. The van der Waals surface area contributed by atoms with Crippen molar-refractivity contribution in [1.82, 2.24) is 0 Å². The molecule has 0 saturated heterocycles. The molecule has 0 aliphatic carbocycles. The van der Waals surface area contributed by atoms with Gasteiger partial charge in [-0.25, -0.2) is 0 Å². The first-order chi connectivity index (χ1) is 10.2. The lowest BCUT2D eigenvalue weighted by Crippen LogP contribution is -2.09. The summed E-state index contributed by atoms with van der Waals surface area (Å²) in [5, 5.41) is 0. The first kappa shape index (κ1) is 15.0. The minimum atomic E-state index is 0.484. The summed E-state index contributed by atoms with van der Waals surface area (Å²) in [5.41, 5.74) is 7.47. The second-order valence-corrected chi connectivity index (χ2v) is 4.63. The van der Waals surface area contributed by atoms with E-state index in [2.05, 4.69) is 0 Å². The summed E-state index contributed by atoms with van der Waals surface area (Å²) in [4.78, 5) is 0. The average Bonchev–Trinajstić information content (AvgIpc) is 2.47. The molecule has 0 bridgehead atoms. The van der Waals surface area contributed by atoms with Crippen LogP contribution in [0.3, 0.4) is 0 Å². The Kier molecular flexibility index (Phi) is 5.32. The molecule has 0 spiro atoms. The van der Waals surface area contributed by atoms with Gasteiger partial charge in [0.1, 0.15) is 30.5 Å². The minimum absolute atomic E-state index is 0.484. The van der Waals surface area contributed by atoms with E-state index in [0.717, 1.165) is 28.5 Å². The van der Waals surface area contributed by atoms with E-state index in [1.165, 1.54) is 0 Å². The highest BCUT2D eigenvalue weighted by Crippen LogP contribution is 2.20. The van der Waals surface area contributed by atoms with E-state index in [-0.39, 0.29) is 0 Å². The number of ether oxygens (including phenoxy) is 3. The zero-order chi connectivity index (χ0) is 15.1. The van der Waals surface area contributed by atoms with Gasteiger partial charge in [-0.05, 0) is 61.9 Å². The van der Waals surface area contributed by atoms with E-state index < -0.39 is 0 Å². The van der Waals surface area contributed by atoms with Gasteiger partial charge in [-0.15, -0.1) is 0 Å². The van der Waals surface area contributed by atoms with Crippen LogP contribution in [0.1, 0.15) is 12.5 Å². The predicted molar refractivity (Wildman–Crippen MR) is 84.2 cm³/mol. The molecular weight excluding hydrogens is 266 g/mol. The van der Waals surface area contributed by atoms with Gasteiger partial charge >= 0.3 is 0 Å². The van der Waals surface area contributed by atoms with Crippen molar-refractivity contribution in [1.29, 1.82) is 0 Å². The Morgan fingerprint density at radius 3 is 2.10 bits per heavy atom. The van der Waals surface area contributed by atoms with Crippen molar-refractivity contribution in [2.45, 2.75) is 13.8 Å². The molecule has 0 aliphatic rings. The summed E-state index contributed by atoms with van der Waals surface area (Å²) in [6.45, 7) is 5.56. The molecule has 21 heavy (non-hydrogen) atoms. The standard InChI is InChI=1S/C17H21NO3/c1-3-19-15-5-7-16(8-6-15)20-10-11-21-17-9-4-14(18)12-13(17)2/h4-9,12H,3,10-11,18H2,1-2H3. The van der Waals surface area contributed by atoms with Crippen molar-refractivity contribution in [3.05, 3.63) is 48.0 Å². The van der Waals surface area contributed by atoms with Gasteiger partial charge in [-0.1, -0.05) is 0 Å². The van der Waals surface area contributed by atoms with Crippen LogP contribution in [0.2, 0.25) is 0 Å². The van der Waals surface area contributed by atoms with E-state index in [9.17, 15) is 0 Å². The Labute approximate surface area is 125 Å². The van der Waals surface area contributed by atoms with Crippen LogP contribution in [0.25, 0.3) is 0 Å². The Balaban J connectivity index is 1.76. The normalized spacial score (nSPS) is 10.2. The molecule has 4 heteroatoms. The second-order valence-electron chi connectivity index (χ2n) is 4.63. The highest BCUT2D eigenvalue weighted by Gasteiger charge is 2.00. The van der Waals surface area contributed by atoms with Crippen LogP contribution in [0.5, 0.6) is 17.2 Å². The van der Waals surface area contributed by atoms with Crippen molar-refractivity contribution in [3.8, 4) is 17.2 Å².